The summed E-state index contributed by atoms with van der Waals surface area (Å²) in [5, 5.41) is 13.1. The topological polar surface area (TPSA) is 39.4 Å². The molecule has 0 spiro atoms. The Kier molecular flexibility index (Phi) is 1.35. The van der Waals surface area contributed by atoms with Gasteiger partial charge in [-0.3, -0.25) is 5.01 Å². The number of rotatable bonds is 0. The van der Waals surface area contributed by atoms with E-state index in [0.717, 1.165) is 0 Å². The van der Waals surface area contributed by atoms with E-state index in [0.29, 0.717) is 0 Å². The first kappa shape index (κ1) is 6.02. The van der Waals surface area contributed by atoms with Crippen molar-refractivity contribution in [3.05, 3.63) is 0 Å². The summed E-state index contributed by atoms with van der Waals surface area (Å²) in [4.78, 5) is 0. The molecule has 0 aliphatic carbocycles. The molecule has 3 nitrogen and oxygen atoms in total. The highest BCUT2D eigenvalue weighted by Gasteiger charge is 2.22. The van der Waals surface area contributed by atoms with Gasteiger partial charge >= 0.3 is 0 Å². The molecule has 0 bridgehead atoms. The van der Waals surface area contributed by atoms with E-state index in [1.165, 1.54) is 5.01 Å². The fourth-order valence-electron chi connectivity index (χ4n) is 0.703. The quantitative estimate of drug-likeness (QED) is 0.475. The molecule has 1 rings (SSSR count). The van der Waals surface area contributed by atoms with Gasteiger partial charge in [0.2, 0.25) is 5.97 Å². The predicted octanol–water partition coefficient (Wildman–Crippen LogP) is 0.497. The summed E-state index contributed by atoms with van der Waals surface area (Å²) < 4.78 is 12.2. The highest BCUT2D eigenvalue weighted by atomic mass is 19.1. The van der Waals surface area contributed by atoms with Gasteiger partial charge in [0.1, 0.15) is 6.04 Å². The summed E-state index contributed by atoms with van der Waals surface area (Å²) in [6.07, 6.45) is 0.132. The van der Waals surface area contributed by atoms with Gasteiger partial charge in [0, 0.05) is 7.05 Å². The zero-order chi connectivity index (χ0) is 6.85. The zero-order valence-electron chi connectivity index (χ0n) is 5.00. The molecule has 0 aromatic heterocycles. The third-order valence-corrected chi connectivity index (χ3v) is 1.23. The summed E-state index contributed by atoms with van der Waals surface area (Å²) in [5.74, 6) is -0.455. The molecule has 0 aromatic rings. The maximum absolute atomic E-state index is 12.2. The van der Waals surface area contributed by atoms with Crippen LogP contribution in [0.5, 0.6) is 0 Å². The van der Waals surface area contributed by atoms with Crippen molar-refractivity contribution in [1.82, 2.24) is 5.01 Å². The molecule has 0 saturated carbocycles. The lowest BCUT2D eigenvalue weighted by Gasteiger charge is -2.08. The van der Waals surface area contributed by atoms with Crippen LogP contribution >= 0.6 is 0 Å². The fraction of sp³-hybridized carbons (Fsp3) is 0.600. The molecule has 0 fully saturated rings. The van der Waals surface area contributed by atoms with Crippen LogP contribution in [0.25, 0.3) is 0 Å². The van der Waals surface area contributed by atoms with Crippen LogP contribution in [0.2, 0.25) is 0 Å². The average molecular weight is 127 g/mol. The predicted molar refractivity (Wildman–Crippen MR) is 30.3 cm³/mol. The number of hydrazone groups is 1. The second-order valence-electron chi connectivity index (χ2n) is 1.90. The lowest BCUT2D eigenvalue weighted by molar-refractivity contribution is 0.335. The molecule has 1 atom stereocenters. The standard InChI is InChI=1S/C5H6FN3/c1-9-4(3-7)2-5(6)8-9/h4H,2H2,1H3. The summed E-state index contributed by atoms with van der Waals surface area (Å²) in [7, 11) is 1.58. The first-order chi connectivity index (χ1) is 4.24. The SMILES string of the molecule is CN1N=C(F)CC1C#N. The van der Waals surface area contributed by atoms with Crippen LogP contribution in [0.15, 0.2) is 5.10 Å². The van der Waals surface area contributed by atoms with Crippen LogP contribution in [0.1, 0.15) is 6.42 Å². The highest BCUT2D eigenvalue weighted by Crippen LogP contribution is 2.11. The van der Waals surface area contributed by atoms with Crippen LogP contribution in [0, 0.1) is 11.3 Å². The van der Waals surface area contributed by atoms with Crippen molar-refractivity contribution in [2.45, 2.75) is 12.5 Å². The third kappa shape index (κ3) is 0.992. The van der Waals surface area contributed by atoms with Gasteiger partial charge in [-0.1, -0.05) is 0 Å². The minimum Gasteiger partial charge on any atom is -0.280 e. The number of hydrogen-bond donors (Lipinski definition) is 0. The minimum atomic E-state index is -0.455. The van der Waals surface area contributed by atoms with Crippen molar-refractivity contribution in [3.63, 3.8) is 0 Å². The minimum absolute atomic E-state index is 0.132. The Morgan fingerprint density at radius 1 is 2.00 bits per heavy atom. The molecular formula is C5H6FN3. The van der Waals surface area contributed by atoms with E-state index in [-0.39, 0.29) is 6.42 Å². The van der Waals surface area contributed by atoms with Crippen LogP contribution in [0.4, 0.5) is 4.39 Å². The van der Waals surface area contributed by atoms with Gasteiger partial charge in [-0.25, -0.2) is 0 Å². The molecule has 1 aliphatic heterocycles. The van der Waals surface area contributed by atoms with Crippen LogP contribution < -0.4 is 0 Å². The molecule has 0 N–H and O–H groups in total. The van der Waals surface area contributed by atoms with Gasteiger partial charge in [-0.15, -0.1) is 0 Å². The Bertz CT molecular complexity index is 181. The number of nitrogens with zero attached hydrogens (tertiary/aromatic N) is 3. The molecule has 0 aromatic carbocycles. The first-order valence-corrected chi connectivity index (χ1v) is 2.59. The third-order valence-electron chi connectivity index (χ3n) is 1.23. The average Bonchev–Trinajstić information content (AvgIpc) is 2.10. The first-order valence-electron chi connectivity index (χ1n) is 2.59. The fourth-order valence-corrected chi connectivity index (χ4v) is 0.703. The molecule has 1 heterocycles. The normalized spacial score (nSPS) is 25.7. The lowest BCUT2D eigenvalue weighted by Crippen LogP contribution is -2.19. The van der Waals surface area contributed by atoms with E-state index in [9.17, 15) is 4.39 Å². The summed E-state index contributed by atoms with van der Waals surface area (Å²) in [6, 6.07) is 1.52. The molecule has 1 aliphatic rings. The van der Waals surface area contributed by atoms with Crippen molar-refractivity contribution in [1.29, 1.82) is 5.26 Å². The Labute approximate surface area is 52.4 Å². The van der Waals surface area contributed by atoms with Gasteiger partial charge < -0.3 is 0 Å². The van der Waals surface area contributed by atoms with Gasteiger partial charge in [-0.2, -0.15) is 14.8 Å². The maximum Gasteiger partial charge on any atom is 0.210 e. The van der Waals surface area contributed by atoms with Crippen molar-refractivity contribution in [3.8, 4) is 6.07 Å². The Morgan fingerprint density at radius 3 is 2.89 bits per heavy atom. The number of hydrogen-bond acceptors (Lipinski definition) is 3. The molecule has 9 heavy (non-hydrogen) atoms. The molecule has 1 unspecified atom stereocenters. The van der Waals surface area contributed by atoms with E-state index < -0.39 is 12.0 Å². The highest BCUT2D eigenvalue weighted by molar-refractivity contribution is 5.77. The molecule has 0 saturated heterocycles. The molecular weight excluding hydrogens is 121 g/mol. The summed E-state index contributed by atoms with van der Waals surface area (Å²) in [6.45, 7) is 0. The van der Waals surface area contributed by atoms with E-state index in [1.807, 2.05) is 6.07 Å². The van der Waals surface area contributed by atoms with Gasteiger partial charge in [0.05, 0.1) is 12.5 Å². The van der Waals surface area contributed by atoms with Crippen molar-refractivity contribution in [2.75, 3.05) is 7.05 Å². The molecule has 48 valence electrons. The van der Waals surface area contributed by atoms with Crippen LogP contribution in [-0.2, 0) is 0 Å². The second-order valence-corrected chi connectivity index (χ2v) is 1.90. The molecule has 4 heteroatoms. The molecule has 0 radical (unpaired) electrons. The lowest BCUT2D eigenvalue weighted by atomic mass is 10.2. The zero-order valence-corrected chi connectivity index (χ0v) is 5.00. The number of halogens is 1. The van der Waals surface area contributed by atoms with E-state index in [1.54, 1.807) is 7.05 Å². The smallest absolute Gasteiger partial charge is 0.210 e. The Balaban J connectivity index is 2.63. The summed E-state index contributed by atoms with van der Waals surface area (Å²) in [5.41, 5.74) is 0. The van der Waals surface area contributed by atoms with Crippen LogP contribution in [0.3, 0.4) is 0 Å². The van der Waals surface area contributed by atoms with Gasteiger partial charge in [0.15, 0.2) is 0 Å². The monoisotopic (exact) mass is 127 g/mol. The van der Waals surface area contributed by atoms with Gasteiger partial charge in [0.25, 0.3) is 0 Å². The van der Waals surface area contributed by atoms with E-state index in [4.69, 9.17) is 5.26 Å². The van der Waals surface area contributed by atoms with Gasteiger partial charge in [-0.05, 0) is 0 Å². The Hall–Kier alpha value is -1.11. The maximum atomic E-state index is 12.2. The number of nitriles is 1. The second kappa shape index (κ2) is 2.02. The Morgan fingerprint density at radius 2 is 2.67 bits per heavy atom. The van der Waals surface area contributed by atoms with E-state index >= 15 is 0 Å². The van der Waals surface area contributed by atoms with Crippen molar-refractivity contribution in [2.24, 2.45) is 5.10 Å². The largest absolute Gasteiger partial charge is 0.280 e. The van der Waals surface area contributed by atoms with Crippen LogP contribution in [-0.4, -0.2) is 24.1 Å². The summed E-state index contributed by atoms with van der Waals surface area (Å²) >= 11 is 0. The van der Waals surface area contributed by atoms with Crippen molar-refractivity contribution >= 4 is 5.97 Å². The van der Waals surface area contributed by atoms with E-state index in [2.05, 4.69) is 5.10 Å². The molecule has 0 amide bonds. The van der Waals surface area contributed by atoms with Crippen molar-refractivity contribution < 1.29 is 4.39 Å².